The Kier molecular flexibility index (Phi) is 12.3. The van der Waals surface area contributed by atoms with E-state index in [9.17, 15) is 29.4 Å². The molecule has 0 aliphatic rings. The highest BCUT2D eigenvalue weighted by molar-refractivity contribution is 5.94. The average Bonchev–Trinajstić information content (AvgIpc) is 2.79. The number of aliphatic hydroxyl groups is 1. The Hall–Kier alpha value is -3.42. The summed E-state index contributed by atoms with van der Waals surface area (Å²) in [7, 11) is 0. The number of nitrogens with one attached hydrogen (secondary N) is 3. The van der Waals surface area contributed by atoms with Crippen molar-refractivity contribution >= 4 is 23.7 Å². The SMILES string of the molecule is C#CCCC(NC(=O)[C@H](CO)NC(=O)[C@H](CC(C)C)NC(=O)[C@@H](N)Cc1ccccc1)C(=O)O. The van der Waals surface area contributed by atoms with Crippen LogP contribution in [0.2, 0.25) is 0 Å². The van der Waals surface area contributed by atoms with Crippen molar-refractivity contribution in [2.24, 2.45) is 11.7 Å². The fourth-order valence-corrected chi connectivity index (χ4v) is 3.17. The van der Waals surface area contributed by atoms with E-state index in [-0.39, 0.29) is 31.6 Å². The van der Waals surface area contributed by atoms with Gasteiger partial charge in [0, 0.05) is 6.42 Å². The standard InChI is InChI=1S/C24H34N4O6/c1-4-5-11-18(24(33)34)26-23(32)20(14-29)28-22(31)19(12-15(2)3)27-21(30)17(25)13-16-9-7-6-8-10-16/h1,6-10,15,17-20,29H,5,11-14,25H2,2-3H3,(H,26,32)(H,27,30)(H,28,31)(H,33,34)/t17-,18?,19-,20-/m0/s1. The summed E-state index contributed by atoms with van der Waals surface area (Å²) in [4.78, 5) is 49.3. The molecule has 0 spiro atoms. The smallest absolute Gasteiger partial charge is 0.326 e. The predicted molar refractivity (Wildman–Crippen MR) is 126 cm³/mol. The van der Waals surface area contributed by atoms with Crippen LogP contribution in [0.3, 0.4) is 0 Å². The van der Waals surface area contributed by atoms with Crippen LogP contribution in [0.5, 0.6) is 0 Å². The van der Waals surface area contributed by atoms with Crippen LogP contribution >= 0.6 is 0 Å². The first-order chi connectivity index (χ1) is 16.1. The van der Waals surface area contributed by atoms with Crippen molar-refractivity contribution in [3.8, 4) is 12.3 Å². The van der Waals surface area contributed by atoms with Crippen molar-refractivity contribution in [2.75, 3.05) is 6.61 Å². The van der Waals surface area contributed by atoms with Gasteiger partial charge in [-0.2, -0.15) is 0 Å². The lowest BCUT2D eigenvalue weighted by atomic mass is 10.0. The molecule has 0 saturated heterocycles. The highest BCUT2D eigenvalue weighted by Gasteiger charge is 2.30. The number of nitrogens with two attached hydrogens (primary N) is 1. The molecule has 4 atom stereocenters. The van der Waals surface area contributed by atoms with E-state index in [1.54, 1.807) is 0 Å². The van der Waals surface area contributed by atoms with Crippen LogP contribution < -0.4 is 21.7 Å². The normalized spacial score (nSPS) is 14.2. The zero-order chi connectivity index (χ0) is 25.7. The van der Waals surface area contributed by atoms with Crippen LogP contribution in [0, 0.1) is 18.3 Å². The number of carbonyl (C=O) groups excluding carboxylic acids is 3. The van der Waals surface area contributed by atoms with Gasteiger partial charge >= 0.3 is 5.97 Å². The van der Waals surface area contributed by atoms with Crippen LogP contribution in [-0.2, 0) is 25.6 Å². The van der Waals surface area contributed by atoms with Gasteiger partial charge in [-0.1, -0.05) is 44.2 Å². The number of hydrogen-bond acceptors (Lipinski definition) is 6. The Morgan fingerprint density at radius 2 is 1.53 bits per heavy atom. The second-order valence-electron chi connectivity index (χ2n) is 8.37. The molecule has 0 fully saturated rings. The Bertz CT molecular complexity index is 868. The summed E-state index contributed by atoms with van der Waals surface area (Å²) in [5, 5.41) is 26.1. The van der Waals surface area contributed by atoms with Crippen LogP contribution in [-0.4, -0.2) is 64.7 Å². The summed E-state index contributed by atoms with van der Waals surface area (Å²) in [6.07, 6.45) is 5.80. The van der Waals surface area contributed by atoms with Gasteiger partial charge < -0.3 is 31.9 Å². The van der Waals surface area contributed by atoms with E-state index >= 15 is 0 Å². The maximum atomic E-state index is 12.9. The molecular weight excluding hydrogens is 440 g/mol. The summed E-state index contributed by atoms with van der Waals surface area (Å²) in [6.45, 7) is 2.94. The molecule has 0 aliphatic carbocycles. The number of aliphatic hydroxyl groups excluding tert-OH is 1. The average molecular weight is 475 g/mol. The van der Waals surface area contributed by atoms with Crippen LogP contribution in [0.1, 0.15) is 38.7 Å². The van der Waals surface area contributed by atoms with Gasteiger partial charge in [-0.3, -0.25) is 14.4 Å². The lowest BCUT2D eigenvalue weighted by molar-refractivity contribution is -0.142. The number of terminal acetylenes is 1. The number of carboxylic acid groups (broad SMARTS) is 1. The molecule has 0 radical (unpaired) electrons. The Balaban J connectivity index is 2.83. The molecule has 0 aliphatic heterocycles. The molecule has 10 heteroatoms. The highest BCUT2D eigenvalue weighted by atomic mass is 16.4. The molecule has 1 rings (SSSR count). The molecule has 0 aromatic heterocycles. The number of amides is 3. The van der Waals surface area contributed by atoms with Gasteiger partial charge in [-0.05, 0) is 30.7 Å². The topological polar surface area (TPSA) is 171 Å². The largest absolute Gasteiger partial charge is 0.480 e. The first-order valence-corrected chi connectivity index (χ1v) is 11.1. The van der Waals surface area contributed by atoms with Crippen molar-refractivity contribution < 1.29 is 29.4 Å². The molecule has 1 aromatic rings. The minimum atomic E-state index is -1.41. The minimum Gasteiger partial charge on any atom is -0.480 e. The zero-order valence-electron chi connectivity index (χ0n) is 19.5. The fourth-order valence-electron chi connectivity index (χ4n) is 3.17. The molecule has 7 N–H and O–H groups in total. The number of benzene rings is 1. The monoisotopic (exact) mass is 474 g/mol. The van der Waals surface area contributed by atoms with Gasteiger partial charge in [0.05, 0.1) is 12.6 Å². The maximum absolute atomic E-state index is 12.9. The van der Waals surface area contributed by atoms with Crippen molar-refractivity contribution in [2.45, 2.75) is 63.7 Å². The van der Waals surface area contributed by atoms with E-state index in [2.05, 4.69) is 21.9 Å². The molecule has 1 aromatic carbocycles. The van der Waals surface area contributed by atoms with Crippen molar-refractivity contribution in [3.05, 3.63) is 35.9 Å². The fraction of sp³-hybridized carbons (Fsp3) is 0.500. The first kappa shape index (κ1) is 28.6. The van der Waals surface area contributed by atoms with E-state index in [1.807, 2.05) is 44.2 Å². The lowest BCUT2D eigenvalue weighted by Gasteiger charge is -2.25. The highest BCUT2D eigenvalue weighted by Crippen LogP contribution is 2.08. The van der Waals surface area contributed by atoms with Gasteiger partial charge in [0.25, 0.3) is 0 Å². The van der Waals surface area contributed by atoms with Gasteiger partial charge in [-0.15, -0.1) is 12.3 Å². The third-order valence-corrected chi connectivity index (χ3v) is 4.98. The summed E-state index contributed by atoms with van der Waals surface area (Å²) >= 11 is 0. The summed E-state index contributed by atoms with van der Waals surface area (Å²) in [5.41, 5.74) is 6.88. The zero-order valence-corrected chi connectivity index (χ0v) is 19.5. The van der Waals surface area contributed by atoms with E-state index < -0.39 is 54.5 Å². The second kappa shape index (κ2) is 14.7. The molecule has 0 heterocycles. The molecule has 0 saturated carbocycles. The lowest BCUT2D eigenvalue weighted by Crippen LogP contribution is -2.58. The number of carboxylic acids is 1. The molecule has 34 heavy (non-hydrogen) atoms. The quantitative estimate of drug-likeness (QED) is 0.198. The van der Waals surface area contributed by atoms with Gasteiger partial charge in [-0.25, -0.2) is 4.79 Å². The number of hydrogen-bond donors (Lipinski definition) is 6. The van der Waals surface area contributed by atoms with Crippen molar-refractivity contribution in [1.82, 2.24) is 16.0 Å². The predicted octanol–water partition coefficient (Wildman–Crippen LogP) is -0.453. The molecule has 186 valence electrons. The van der Waals surface area contributed by atoms with Crippen LogP contribution in [0.25, 0.3) is 0 Å². The van der Waals surface area contributed by atoms with Crippen molar-refractivity contribution in [1.29, 1.82) is 0 Å². The number of carbonyl (C=O) groups is 4. The van der Waals surface area contributed by atoms with E-state index in [1.165, 1.54) is 0 Å². The molecular formula is C24H34N4O6. The Labute approximate surface area is 199 Å². The summed E-state index contributed by atoms with van der Waals surface area (Å²) < 4.78 is 0. The molecule has 1 unspecified atom stereocenters. The maximum Gasteiger partial charge on any atom is 0.326 e. The van der Waals surface area contributed by atoms with E-state index in [0.29, 0.717) is 0 Å². The number of aliphatic carboxylic acids is 1. The Morgan fingerprint density at radius 3 is 2.06 bits per heavy atom. The molecule has 3 amide bonds. The van der Waals surface area contributed by atoms with Gasteiger partial charge in [0.2, 0.25) is 17.7 Å². The second-order valence-corrected chi connectivity index (χ2v) is 8.37. The van der Waals surface area contributed by atoms with Crippen LogP contribution in [0.15, 0.2) is 30.3 Å². The van der Waals surface area contributed by atoms with Crippen molar-refractivity contribution in [3.63, 3.8) is 0 Å². The van der Waals surface area contributed by atoms with E-state index in [0.717, 1.165) is 5.56 Å². The van der Waals surface area contributed by atoms with Crippen LogP contribution in [0.4, 0.5) is 0 Å². The molecule has 0 bridgehead atoms. The third-order valence-electron chi connectivity index (χ3n) is 4.98. The summed E-state index contributed by atoms with van der Waals surface area (Å²) in [5.74, 6) is -1.09. The number of rotatable bonds is 14. The van der Waals surface area contributed by atoms with Gasteiger partial charge in [0.15, 0.2) is 0 Å². The van der Waals surface area contributed by atoms with E-state index in [4.69, 9.17) is 12.2 Å². The first-order valence-electron chi connectivity index (χ1n) is 11.1. The minimum absolute atomic E-state index is 0.00496. The summed E-state index contributed by atoms with van der Waals surface area (Å²) in [6, 6.07) is 4.60. The molecule has 10 nitrogen and oxygen atoms in total. The van der Waals surface area contributed by atoms with Gasteiger partial charge in [0.1, 0.15) is 18.1 Å². The Morgan fingerprint density at radius 1 is 0.971 bits per heavy atom. The third kappa shape index (κ3) is 10.0.